The fourth-order valence-electron chi connectivity index (χ4n) is 0.754. The lowest BCUT2D eigenvalue weighted by Gasteiger charge is -2.01. The molecule has 0 spiro atoms. The molecule has 0 aromatic heterocycles. The summed E-state index contributed by atoms with van der Waals surface area (Å²) in [5.74, 6) is -0.762. The van der Waals surface area contributed by atoms with E-state index in [1.807, 2.05) is 0 Å². The molecule has 0 aliphatic rings. The smallest absolute Gasteiger partial charge is 0.303 e. The minimum atomic E-state index is -0.781. The second kappa shape index (κ2) is 6.64. The number of nitrogens with one attached hydrogen (secondary N) is 1. The minimum Gasteiger partial charge on any atom is -0.481 e. The van der Waals surface area contributed by atoms with Crippen LogP contribution in [-0.2, 0) is 9.59 Å². The highest BCUT2D eigenvalue weighted by molar-refractivity contribution is 5.75. The van der Waals surface area contributed by atoms with Gasteiger partial charge in [0.2, 0.25) is 5.91 Å². The van der Waals surface area contributed by atoms with Crippen molar-refractivity contribution in [3.8, 4) is 0 Å². The Labute approximate surface area is 72.0 Å². The predicted octanol–water partition coefficient (Wildman–Crippen LogP) is 0.767. The number of unbranched alkanes of at least 4 members (excludes halogenated alkanes) is 1. The second-order valence-corrected chi connectivity index (χ2v) is 2.55. The maximum Gasteiger partial charge on any atom is 0.303 e. The summed E-state index contributed by atoms with van der Waals surface area (Å²) in [6, 6.07) is 0. The number of amides is 1. The van der Waals surface area contributed by atoms with E-state index in [2.05, 4.69) is 5.32 Å². The van der Waals surface area contributed by atoms with Crippen LogP contribution >= 0.6 is 0 Å². The third-order valence-electron chi connectivity index (χ3n) is 1.46. The highest BCUT2D eigenvalue weighted by atomic mass is 16.4. The Bertz CT molecular complexity index is 156. The predicted molar refractivity (Wildman–Crippen MR) is 44.8 cm³/mol. The number of carboxylic acids is 1. The van der Waals surface area contributed by atoms with E-state index in [1.54, 1.807) is 6.92 Å². The molecule has 0 radical (unpaired) electrons. The Morgan fingerprint density at radius 2 is 2.00 bits per heavy atom. The molecule has 0 aliphatic heterocycles. The molecule has 4 heteroatoms. The molecule has 0 bridgehead atoms. The second-order valence-electron chi connectivity index (χ2n) is 2.55. The number of carbonyl (C=O) groups excluding carboxylic acids is 1. The summed E-state index contributed by atoms with van der Waals surface area (Å²) in [5, 5.41) is 11.0. The van der Waals surface area contributed by atoms with Crippen LogP contribution in [0, 0.1) is 0 Å². The average Bonchev–Trinajstić information content (AvgIpc) is 2.03. The quantitative estimate of drug-likeness (QED) is 0.583. The molecule has 0 rings (SSSR count). The van der Waals surface area contributed by atoms with Gasteiger partial charge in [-0.2, -0.15) is 0 Å². The summed E-state index contributed by atoms with van der Waals surface area (Å²) in [6.45, 7) is 2.37. The molecule has 70 valence electrons. The van der Waals surface area contributed by atoms with E-state index in [-0.39, 0.29) is 12.3 Å². The zero-order valence-electron chi connectivity index (χ0n) is 7.30. The molecule has 0 aliphatic carbocycles. The van der Waals surface area contributed by atoms with Crippen molar-refractivity contribution in [1.82, 2.24) is 5.32 Å². The van der Waals surface area contributed by atoms with Crippen LogP contribution in [0.15, 0.2) is 0 Å². The van der Waals surface area contributed by atoms with Gasteiger partial charge in [0.25, 0.3) is 0 Å². The summed E-state index contributed by atoms with van der Waals surface area (Å²) in [7, 11) is 0. The van der Waals surface area contributed by atoms with E-state index >= 15 is 0 Å². The summed E-state index contributed by atoms with van der Waals surface area (Å²) >= 11 is 0. The largest absolute Gasteiger partial charge is 0.481 e. The molecule has 0 aromatic carbocycles. The fraction of sp³-hybridized carbons (Fsp3) is 0.750. The third-order valence-corrected chi connectivity index (χ3v) is 1.46. The highest BCUT2D eigenvalue weighted by Gasteiger charge is 1.97. The lowest BCUT2D eigenvalue weighted by atomic mass is 10.2. The SMILES string of the molecule is CCC(=O)NCCCCC(=O)O. The highest BCUT2D eigenvalue weighted by Crippen LogP contribution is 1.93. The monoisotopic (exact) mass is 173 g/mol. The van der Waals surface area contributed by atoms with E-state index in [9.17, 15) is 9.59 Å². The van der Waals surface area contributed by atoms with Gasteiger partial charge in [-0.15, -0.1) is 0 Å². The number of hydrogen-bond donors (Lipinski definition) is 2. The first kappa shape index (κ1) is 10.9. The van der Waals surface area contributed by atoms with E-state index < -0.39 is 5.97 Å². The summed E-state index contributed by atoms with van der Waals surface area (Å²) < 4.78 is 0. The van der Waals surface area contributed by atoms with Gasteiger partial charge >= 0.3 is 5.97 Å². The first-order chi connectivity index (χ1) is 5.66. The van der Waals surface area contributed by atoms with Crippen molar-refractivity contribution < 1.29 is 14.7 Å². The maximum absolute atomic E-state index is 10.7. The van der Waals surface area contributed by atoms with Crippen molar-refractivity contribution in [3.63, 3.8) is 0 Å². The topological polar surface area (TPSA) is 66.4 Å². The van der Waals surface area contributed by atoms with Crippen molar-refractivity contribution in [2.24, 2.45) is 0 Å². The van der Waals surface area contributed by atoms with Gasteiger partial charge in [-0.3, -0.25) is 9.59 Å². The van der Waals surface area contributed by atoms with Gasteiger partial charge < -0.3 is 10.4 Å². The van der Waals surface area contributed by atoms with Crippen LogP contribution in [0.25, 0.3) is 0 Å². The minimum absolute atomic E-state index is 0.0188. The summed E-state index contributed by atoms with van der Waals surface area (Å²) in [4.78, 5) is 20.7. The Balaban J connectivity index is 3.11. The molecule has 12 heavy (non-hydrogen) atoms. The van der Waals surface area contributed by atoms with Gasteiger partial charge in [0.1, 0.15) is 0 Å². The van der Waals surface area contributed by atoms with Crippen molar-refractivity contribution in [3.05, 3.63) is 0 Å². The molecular formula is C8H15NO3. The van der Waals surface area contributed by atoms with Crippen LogP contribution in [0.5, 0.6) is 0 Å². The molecule has 0 aromatic rings. The molecule has 4 nitrogen and oxygen atoms in total. The van der Waals surface area contributed by atoms with Gasteiger partial charge in [0.05, 0.1) is 0 Å². The maximum atomic E-state index is 10.7. The zero-order chi connectivity index (χ0) is 9.40. The van der Waals surface area contributed by atoms with Gasteiger partial charge in [-0.1, -0.05) is 6.92 Å². The zero-order valence-corrected chi connectivity index (χ0v) is 7.30. The third kappa shape index (κ3) is 7.05. The summed E-state index contributed by atoms with van der Waals surface area (Å²) in [6.07, 6.45) is 2.03. The number of aliphatic carboxylic acids is 1. The van der Waals surface area contributed by atoms with E-state index in [0.717, 1.165) is 6.42 Å². The van der Waals surface area contributed by atoms with E-state index in [0.29, 0.717) is 19.4 Å². The fourth-order valence-corrected chi connectivity index (χ4v) is 0.754. The average molecular weight is 173 g/mol. The molecule has 2 N–H and O–H groups in total. The van der Waals surface area contributed by atoms with Crippen molar-refractivity contribution in [2.45, 2.75) is 32.6 Å². The van der Waals surface area contributed by atoms with Crippen LogP contribution in [0.1, 0.15) is 32.6 Å². The van der Waals surface area contributed by atoms with Gasteiger partial charge in [0.15, 0.2) is 0 Å². The molecule has 1 amide bonds. The Kier molecular flexibility index (Phi) is 6.05. The van der Waals surface area contributed by atoms with Crippen molar-refractivity contribution in [2.75, 3.05) is 6.54 Å². The number of hydrogen-bond acceptors (Lipinski definition) is 2. The summed E-state index contributed by atoms with van der Waals surface area (Å²) in [5.41, 5.74) is 0. The molecule has 0 fully saturated rings. The Morgan fingerprint density at radius 3 is 2.50 bits per heavy atom. The molecule has 0 unspecified atom stereocenters. The molecule has 0 saturated heterocycles. The molecule has 0 saturated carbocycles. The van der Waals surface area contributed by atoms with Gasteiger partial charge in [-0.25, -0.2) is 0 Å². The Morgan fingerprint density at radius 1 is 1.33 bits per heavy atom. The van der Waals surface area contributed by atoms with Crippen LogP contribution in [-0.4, -0.2) is 23.5 Å². The van der Waals surface area contributed by atoms with Crippen LogP contribution in [0.2, 0.25) is 0 Å². The Hall–Kier alpha value is -1.06. The standard InChI is InChI=1S/C8H15NO3/c1-2-7(10)9-6-4-3-5-8(11)12/h2-6H2,1H3,(H,9,10)(H,11,12). The number of carboxylic acid groups (broad SMARTS) is 1. The molecular weight excluding hydrogens is 158 g/mol. The van der Waals surface area contributed by atoms with E-state index in [4.69, 9.17) is 5.11 Å². The van der Waals surface area contributed by atoms with Crippen molar-refractivity contribution in [1.29, 1.82) is 0 Å². The van der Waals surface area contributed by atoms with E-state index in [1.165, 1.54) is 0 Å². The molecule has 0 atom stereocenters. The van der Waals surface area contributed by atoms with Gasteiger partial charge in [-0.05, 0) is 12.8 Å². The molecule has 0 heterocycles. The lowest BCUT2D eigenvalue weighted by Crippen LogP contribution is -2.23. The normalized spacial score (nSPS) is 9.42. The number of rotatable bonds is 6. The van der Waals surface area contributed by atoms with Crippen LogP contribution in [0.4, 0.5) is 0 Å². The lowest BCUT2D eigenvalue weighted by molar-refractivity contribution is -0.137. The van der Waals surface area contributed by atoms with Crippen LogP contribution in [0.3, 0.4) is 0 Å². The first-order valence-corrected chi connectivity index (χ1v) is 4.15. The van der Waals surface area contributed by atoms with Crippen LogP contribution < -0.4 is 5.32 Å². The number of carbonyl (C=O) groups is 2. The van der Waals surface area contributed by atoms with Crippen molar-refractivity contribution >= 4 is 11.9 Å². The first-order valence-electron chi connectivity index (χ1n) is 4.15. The van der Waals surface area contributed by atoms with Gasteiger partial charge in [0, 0.05) is 19.4 Å².